The average Bonchev–Trinajstić information content (AvgIpc) is 3.50. The summed E-state index contributed by atoms with van der Waals surface area (Å²) < 4.78 is 2.18. The zero-order valence-electron chi connectivity index (χ0n) is 16.0. The lowest BCUT2D eigenvalue weighted by atomic mass is 10.2. The fourth-order valence-corrected chi connectivity index (χ4v) is 4.10. The van der Waals surface area contributed by atoms with E-state index in [1.54, 1.807) is 0 Å². The number of aromatic nitrogens is 3. The smallest absolute Gasteiger partial charge is 0.237 e. The molecule has 1 saturated carbocycles. The Kier molecular flexibility index (Phi) is 5.76. The fourth-order valence-electron chi connectivity index (χ4n) is 3.28. The number of amides is 1. The first-order valence-corrected chi connectivity index (χ1v) is 10.7. The molecule has 1 aliphatic rings. The normalized spacial score (nSPS) is 13.5. The molecule has 0 radical (unpaired) electrons. The molecular weight excluding hydrogens is 368 g/mol. The van der Waals surface area contributed by atoms with Gasteiger partial charge in [0, 0.05) is 18.2 Å². The highest BCUT2D eigenvalue weighted by Crippen LogP contribution is 2.40. The lowest BCUT2D eigenvalue weighted by Gasteiger charge is -2.20. The lowest BCUT2D eigenvalue weighted by Crippen LogP contribution is -2.32. The number of nitrogens with zero attached hydrogens (tertiary/aromatic N) is 4. The van der Waals surface area contributed by atoms with Crippen LogP contribution in [0.4, 0.5) is 5.69 Å². The Labute approximate surface area is 169 Å². The molecule has 0 spiro atoms. The second-order valence-corrected chi connectivity index (χ2v) is 7.89. The van der Waals surface area contributed by atoms with Gasteiger partial charge in [-0.05, 0) is 37.5 Å². The van der Waals surface area contributed by atoms with E-state index in [2.05, 4.69) is 26.9 Å². The van der Waals surface area contributed by atoms with Crippen LogP contribution in [0.5, 0.6) is 0 Å². The van der Waals surface area contributed by atoms with Gasteiger partial charge >= 0.3 is 0 Å². The first kappa shape index (κ1) is 18.7. The molecule has 0 unspecified atom stereocenters. The van der Waals surface area contributed by atoms with E-state index in [4.69, 9.17) is 0 Å². The van der Waals surface area contributed by atoms with Crippen molar-refractivity contribution < 1.29 is 4.79 Å². The van der Waals surface area contributed by atoms with Gasteiger partial charge in [-0.15, -0.1) is 10.2 Å². The van der Waals surface area contributed by atoms with Crippen LogP contribution in [0.2, 0.25) is 0 Å². The third kappa shape index (κ3) is 4.28. The Hall–Kier alpha value is -2.60. The van der Waals surface area contributed by atoms with Crippen LogP contribution in [-0.4, -0.2) is 33.0 Å². The third-order valence-corrected chi connectivity index (χ3v) is 5.83. The van der Waals surface area contributed by atoms with Crippen LogP contribution < -0.4 is 4.90 Å². The lowest BCUT2D eigenvalue weighted by molar-refractivity contribution is -0.116. The van der Waals surface area contributed by atoms with E-state index >= 15 is 0 Å². The summed E-state index contributed by atoms with van der Waals surface area (Å²) in [5.41, 5.74) is 2.15. The Bertz CT molecular complexity index is 922. The van der Waals surface area contributed by atoms with Crippen LogP contribution in [0, 0.1) is 0 Å². The zero-order valence-corrected chi connectivity index (χ0v) is 16.8. The zero-order chi connectivity index (χ0) is 19.3. The predicted molar refractivity (Wildman–Crippen MR) is 113 cm³/mol. The predicted octanol–water partition coefficient (Wildman–Crippen LogP) is 4.35. The largest absolute Gasteiger partial charge is 0.312 e. The summed E-state index contributed by atoms with van der Waals surface area (Å²) in [5.74, 6) is 1.99. The second-order valence-electron chi connectivity index (χ2n) is 6.95. The van der Waals surface area contributed by atoms with Crippen LogP contribution in [0.25, 0.3) is 0 Å². The minimum absolute atomic E-state index is 0.0842. The molecular formula is C22H24N4OS. The molecule has 6 heteroatoms. The summed E-state index contributed by atoms with van der Waals surface area (Å²) >= 11 is 1.48. The van der Waals surface area contributed by atoms with E-state index in [-0.39, 0.29) is 5.91 Å². The van der Waals surface area contributed by atoms with Gasteiger partial charge in [0.1, 0.15) is 5.82 Å². The molecule has 1 amide bonds. The quantitative estimate of drug-likeness (QED) is 0.535. The second kappa shape index (κ2) is 8.61. The monoisotopic (exact) mass is 392 g/mol. The van der Waals surface area contributed by atoms with E-state index in [0.717, 1.165) is 23.2 Å². The standard InChI is InChI=1S/C22H24N4OS/c1-2-25(19-11-7-4-8-12-19)20(27)16-28-22-24-23-21(18-13-14-18)26(22)15-17-9-5-3-6-10-17/h3-12,18H,2,13-16H2,1H3. The number of para-hydroxylation sites is 1. The SMILES string of the molecule is CCN(C(=O)CSc1nnc(C2CC2)n1Cc1ccccc1)c1ccccc1. The van der Waals surface area contributed by atoms with Crippen molar-refractivity contribution in [2.75, 3.05) is 17.2 Å². The van der Waals surface area contributed by atoms with Crippen molar-refractivity contribution in [2.45, 2.75) is 37.4 Å². The van der Waals surface area contributed by atoms with Gasteiger partial charge < -0.3 is 9.47 Å². The van der Waals surface area contributed by atoms with Crippen LogP contribution in [0.3, 0.4) is 0 Å². The van der Waals surface area contributed by atoms with E-state index < -0.39 is 0 Å². The Morgan fingerprint density at radius 3 is 2.39 bits per heavy atom. The number of thioether (sulfide) groups is 1. The maximum absolute atomic E-state index is 12.8. The van der Waals surface area contributed by atoms with Gasteiger partial charge in [-0.25, -0.2) is 0 Å². The topological polar surface area (TPSA) is 51.0 Å². The van der Waals surface area contributed by atoms with Crippen molar-refractivity contribution in [3.8, 4) is 0 Å². The minimum Gasteiger partial charge on any atom is -0.312 e. The fraction of sp³-hybridized carbons (Fsp3) is 0.318. The summed E-state index contributed by atoms with van der Waals surface area (Å²) in [6.45, 7) is 3.39. The van der Waals surface area contributed by atoms with Crippen molar-refractivity contribution in [2.24, 2.45) is 0 Å². The summed E-state index contributed by atoms with van der Waals surface area (Å²) in [4.78, 5) is 14.6. The highest BCUT2D eigenvalue weighted by molar-refractivity contribution is 7.99. The first-order chi connectivity index (χ1) is 13.8. The molecule has 4 rings (SSSR count). The van der Waals surface area contributed by atoms with Gasteiger partial charge in [-0.3, -0.25) is 4.79 Å². The number of hydrogen-bond acceptors (Lipinski definition) is 4. The minimum atomic E-state index is 0.0842. The molecule has 1 heterocycles. The molecule has 0 N–H and O–H groups in total. The van der Waals surface area contributed by atoms with Crippen molar-refractivity contribution >= 4 is 23.4 Å². The maximum atomic E-state index is 12.8. The number of carbonyl (C=O) groups excluding carboxylic acids is 1. The van der Waals surface area contributed by atoms with Gasteiger partial charge in [0.2, 0.25) is 5.91 Å². The Morgan fingerprint density at radius 1 is 1.07 bits per heavy atom. The maximum Gasteiger partial charge on any atom is 0.237 e. The summed E-state index contributed by atoms with van der Waals surface area (Å²) in [5, 5.41) is 9.67. The van der Waals surface area contributed by atoms with Gasteiger partial charge in [0.15, 0.2) is 5.16 Å². The molecule has 3 aromatic rings. The molecule has 0 atom stereocenters. The van der Waals surface area contributed by atoms with E-state index in [9.17, 15) is 4.79 Å². The highest BCUT2D eigenvalue weighted by atomic mass is 32.2. The Morgan fingerprint density at radius 2 is 1.75 bits per heavy atom. The third-order valence-electron chi connectivity index (χ3n) is 4.88. The van der Waals surface area contributed by atoms with Gasteiger partial charge in [-0.1, -0.05) is 60.3 Å². The van der Waals surface area contributed by atoms with Crippen molar-refractivity contribution in [3.05, 3.63) is 72.1 Å². The summed E-state index contributed by atoms with van der Waals surface area (Å²) in [6.07, 6.45) is 2.35. The van der Waals surface area contributed by atoms with E-state index in [1.165, 1.54) is 30.2 Å². The van der Waals surface area contributed by atoms with Crippen LogP contribution in [0.15, 0.2) is 65.8 Å². The van der Waals surface area contributed by atoms with Crippen molar-refractivity contribution in [1.29, 1.82) is 0 Å². The molecule has 1 aliphatic carbocycles. The van der Waals surface area contributed by atoms with Crippen molar-refractivity contribution in [1.82, 2.24) is 14.8 Å². The number of anilines is 1. The molecule has 2 aromatic carbocycles. The van der Waals surface area contributed by atoms with E-state index in [0.29, 0.717) is 18.2 Å². The number of rotatable bonds is 8. The van der Waals surface area contributed by atoms with E-state index in [1.807, 2.05) is 60.4 Å². The van der Waals surface area contributed by atoms with Crippen LogP contribution in [-0.2, 0) is 11.3 Å². The summed E-state index contributed by atoms with van der Waals surface area (Å²) in [6, 6.07) is 20.2. The first-order valence-electron chi connectivity index (χ1n) is 9.71. The van der Waals surface area contributed by atoms with Crippen LogP contribution in [0.1, 0.15) is 37.1 Å². The number of carbonyl (C=O) groups is 1. The van der Waals surface area contributed by atoms with Crippen LogP contribution >= 0.6 is 11.8 Å². The molecule has 28 heavy (non-hydrogen) atoms. The molecule has 0 aliphatic heterocycles. The number of benzene rings is 2. The van der Waals surface area contributed by atoms with Gasteiger partial charge in [0.25, 0.3) is 0 Å². The summed E-state index contributed by atoms with van der Waals surface area (Å²) in [7, 11) is 0. The molecule has 0 bridgehead atoms. The Balaban J connectivity index is 1.49. The molecule has 1 aromatic heterocycles. The molecule has 0 saturated heterocycles. The van der Waals surface area contributed by atoms with Gasteiger partial charge in [0.05, 0.1) is 12.3 Å². The average molecular weight is 393 g/mol. The number of hydrogen-bond donors (Lipinski definition) is 0. The molecule has 1 fully saturated rings. The van der Waals surface area contributed by atoms with Gasteiger partial charge in [-0.2, -0.15) is 0 Å². The molecule has 144 valence electrons. The van der Waals surface area contributed by atoms with Crippen molar-refractivity contribution in [3.63, 3.8) is 0 Å². The molecule has 5 nitrogen and oxygen atoms in total. The highest BCUT2D eigenvalue weighted by Gasteiger charge is 2.30.